The number of nitrogens with one attached hydrogen (secondary N) is 2. The smallest absolute Gasteiger partial charge is 0.211 e. The van der Waals surface area contributed by atoms with Gasteiger partial charge >= 0.3 is 0 Å². The summed E-state index contributed by atoms with van der Waals surface area (Å²) in [5, 5.41) is 3.32. The molecule has 21 heavy (non-hydrogen) atoms. The van der Waals surface area contributed by atoms with Crippen molar-refractivity contribution in [1.29, 1.82) is 0 Å². The van der Waals surface area contributed by atoms with Gasteiger partial charge in [0.05, 0.1) is 5.75 Å². The number of nitrogens with zero attached hydrogens (tertiary/aromatic N) is 1. The third-order valence-electron chi connectivity index (χ3n) is 4.73. The van der Waals surface area contributed by atoms with Gasteiger partial charge in [-0.25, -0.2) is 13.1 Å². The van der Waals surface area contributed by atoms with E-state index in [1.807, 2.05) is 0 Å². The van der Waals surface area contributed by atoms with Crippen molar-refractivity contribution in [2.45, 2.75) is 51.5 Å². The minimum absolute atomic E-state index is 0.149. The lowest BCUT2D eigenvalue weighted by atomic mass is 9.96. The first kappa shape index (κ1) is 17.2. The summed E-state index contributed by atoms with van der Waals surface area (Å²) in [7, 11) is -3.10. The van der Waals surface area contributed by atoms with Gasteiger partial charge < -0.3 is 10.2 Å². The zero-order chi connectivity index (χ0) is 15.1. The first-order valence-corrected chi connectivity index (χ1v) is 10.2. The van der Waals surface area contributed by atoms with Crippen LogP contribution in [-0.2, 0) is 10.0 Å². The van der Waals surface area contributed by atoms with Gasteiger partial charge in [-0.05, 0) is 77.2 Å². The van der Waals surface area contributed by atoms with Crippen molar-refractivity contribution in [3.8, 4) is 0 Å². The van der Waals surface area contributed by atoms with Gasteiger partial charge in [0.1, 0.15) is 0 Å². The summed E-state index contributed by atoms with van der Waals surface area (Å²) in [4.78, 5) is 2.43. The number of hydrogen-bond donors (Lipinski definition) is 2. The van der Waals surface area contributed by atoms with Crippen molar-refractivity contribution in [2.75, 3.05) is 38.5 Å². The fourth-order valence-corrected chi connectivity index (χ4v) is 4.90. The van der Waals surface area contributed by atoms with Crippen LogP contribution in [0.1, 0.15) is 45.4 Å². The summed E-state index contributed by atoms with van der Waals surface area (Å²) in [5.41, 5.74) is 0. The molecule has 0 aromatic carbocycles. The molecule has 5 nitrogen and oxygen atoms in total. The Morgan fingerprint density at radius 3 is 2.43 bits per heavy atom. The van der Waals surface area contributed by atoms with Crippen LogP contribution < -0.4 is 10.0 Å². The molecule has 0 atom stereocenters. The topological polar surface area (TPSA) is 61.4 Å². The average molecular weight is 317 g/mol. The van der Waals surface area contributed by atoms with Crippen LogP contribution in [0.3, 0.4) is 0 Å². The van der Waals surface area contributed by atoms with Crippen molar-refractivity contribution in [2.24, 2.45) is 5.92 Å². The summed E-state index contributed by atoms with van der Waals surface area (Å²) in [5.74, 6) is 0.876. The van der Waals surface area contributed by atoms with E-state index in [9.17, 15) is 8.42 Å². The fourth-order valence-electron chi connectivity index (χ4n) is 3.40. The minimum Gasteiger partial charge on any atom is -0.317 e. The van der Waals surface area contributed by atoms with Gasteiger partial charge in [-0.15, -0.1) is 0 Å². The maximum Gasteiger partial charge on any atom is 0.211 e. The molecule has 6 heteroatoms. The lowest BCUT2D eigenvalue weighted by Crippen LogP contribution is -2.45. The first-order valence-electron chi connectivity index (χ1n) is 8.52. The molecule has 124 valence electrons. The third kappa shape index (κ3) is 6.22. The van der Waals surface area contributed by atoms with Crippen LogP contribution in [-0.4, -0.2) is 57.8 Å². The van der Waals surface area contributed by atoms with E-state index in [0.717, 1.165) is 64.8 Å². The molecule has 0 spiro atoms. The van der Waals surface area contributed by atoms with Crippen LogP contribution in [0.15, 0.2) is 0 Å². The molecule has 2 fully saturated rings. The second-order valence-corrected chi connectivity index (χ2v) is 8.41. The molecular weight excluding hydrogens is 286 g/mol. The zero-order valence-electron chi connectivity index (χ0n) is 13.3. The van der Waals surface area contributed by atoms with Crippen LogP contribution in [0.2, 0.25) is 0 Å². The monoisotopic (exact) mass is 317 g/mol. The quantitative estimate of drug-likeness (QED) is 0.740. The molecule has 2 N–H and O–H groups in total. The second kappa shape index (κ2) is 8.46. The summed E-state index contributed by atoms with van der Waals surface area (Å²) < 4.78 is 27.3. The Balaban J connectivity index is 1.68. The lowest BCUT2D eigenvalue weighted by molar-refractivity contribution is 0.207. The summed E-state index contributed by atoms with van der Waals surface area (Å²) in [6.07, 6.45) is 6.12. The Labute approximate surface area is 129 Å². The van der Waals surface area contributed by atoms with Crippen molar-refractivity contribution in [3.63, 3.8) is 0 Å². The summed E-state index contributed by atoms with van der Waals surface area (Å²) in [6, 6.07) is 0.149. The lowest BCUT2D eigenvalue weighted by Gasteiger charge is -2.32. The van der Waals surface area contributed by atoms with E-state index in [-0.39, 0.29) is 6.04 Å². The van der Waals surface area contributed by atoms with Gasteiger partial charge in [-0.3, -0.25) is 0 Å². The normalized spacial score (nSPS) is 23.5. The van der Waals surface area contributed by atoms with E-state index >= 15 is 0 Å². The van der Waals surface area contributed by atoms with E-state index in [1.165, 1.54) is 6.42 Å². The molecule has 2 rings (SSSR count). The van der Waals surface area contributed by atoms with Crippen molar-refractivity contribution >= 4 is 10.0 Å². The van der Waals surface area contributed by atoms with Crippen molar-refractivity contribution < 1.29 is 8.42 Å². The minimum atomic E-state index is -3.10. The predicted octanol–water partition coefficient (Wildman–Crippen LogP) is 1.17. The molecule has 0 saturated carbocycles. The second-order valence-electron chi connectivity index (χ2n) is 6.53. The average Bonchev–Trinajstić information content (AvgIpc) is 2.48. The van der Waals surface area contributed by atoms with Gasteiger partial charge in [0.2, 0.25) is 10.0 Å². The first-order chi connectivity index (χ1) is 10.1. The highest BCUT2D eigenvalue weighted by molar-refractivity contribution is 7.89. The molecule has 2 aliphatic rings. The largest absolute Gasteiger partial charge is 0.317 e. The zero-order valence-corrected chi connectivity index (χ0v) is 14.1. The van der Waals surface area contributed by atoms with Crippen molar-refractivity contribution in [3.05, 3.63) is 0 Å². The Morgan fingerprint density at radius 2 is 1.81 bits per heavy atom. The van der Waals surface area contributed by atoms with Gasteiger partial charge in [0, 0.05) is 6.04 Å². The van der Waals surface area contributed by atoms with Crippen LogP contribution in [0.25, 0.3) is 0 Å². The van der Waals surface area contributed by atoms with E-state index < -0.39 is 10.0 Å². The molecule has 0 radical (unpaired) electrons. The van der Waals surface area contributed by atoms with Gasteiger partial charge in [-0.1, -0.05) is 6.92 Å². The van der Waals surface area contributed by atoms with Crippen molar-refractivity contribution in [1.82, 2.24) is 14.9 Å². The highest BCUT2D eigenvalue weighted by Gasteiger charge is 2.24. The molecule has 2 heterocycles. The van der Waals surface area contributed by atoms with E-state index in [2.05, 4.69) is 21.9 Å². The standard InChI is InChI=1S/C15H31N3O2S/c1-2-10-18-11-5-15(6-12-18)17-21(19,20)13-7-14-3-8-16-9-4-14/h14-17H,2-13H2,1H3. The predicted molar refractivity (Wildman–Crippen MR) is 86.9 cm³/mol. The van der Waals surface area contributed by atoms with Gasteiger partial charge in [0.15, 0.2) is 0 Å². The van der Waals surface area contributed by atoms with E-state index in [4.69, 9.17) is 0 Å². The fraction of sp³-hybridized carbons (Fsp3) is 1.00. The molecular formula is C15H31N3O2S. The van der Waals surface area contributed by atoms with E-state index in [1.54, 1.807) is 0 Å². The summed E-state index contributed by atoms with van der Waals surface area (Å²) >= 11 is 0. The Morgan fingerprint density at radius 1 is 1.14 bits per heavy atom. The molecule has 0 aromatic rings. The molecule has 0 aromatic heterocycles. The number of hydrogen-bond acceptors (Lipinski definition) is 4. The maximum absolute atomic E-state index is 12.2. The molecule has 0 amide bonds. The SMILES string of the molecule is CCCN1CCC(NS(=O)(=O)CCC2CCNCC2)CC1. The summed E-state index contributed by atoms with van der Waals surface area (Å²) in [6.45, 7) is 7.44. The van der Waals surface area contributed by atoms with Crippen LogP contribution >= 0.6 is 0 Å². The van der Waals surface area contributed by atoms with Gasteiger partial charge in [0.25, 0.3) is 0 Å². The Kier molecular flexibility index (Phi) is 6.92. The van der Waals surface area contributed by atoms with E-state index in [0.29, 0.717) is 11.7 Å². The molecule has 0 aliphatic carbocycles. The van der Waals surface area contributed by atoms with Crippen LogP contribution in [0.4, 0.5) is 0 Å². The number of likely N-dealkylation sites (tertiary alicyclic amines) is 1. The third-order valence-corrected chi connectivity index (χ3v) is 6.19. The Hall–Kier alpha value is -0.170. The number of sulfonamides is 1. The van der Waals surface area contributed by atoms with Crippen LogP contribution in [0.5, 0.6) is 0 Å². The maximum atomic E-state index is 12.2. The van der Waals surface area contributed by atoms with Gasteiger partial charge in [-0.2, -0.15) is 0 Å². The highest BCUT2D eigenvalue weighted by atomic mass is 32.2. The molecule has 2 saturated heterocycles. The van der Waals surface area contributed by atoms with Crippen LogP contribution in [0, 0.1) is 5.92 Å². The number of piperidine rings is 2. The molecule has 2 aliphatic heterocycles. The molecule has 0 unspecified atom stereocenters. The molecule has 0 bridgehead atoms. The number of rotatable bonds is 7. The highest BCUT2D eigenvalue weighted by Crippen LogP contribution is 2.17. The Bertz CT molecular complexity index is 386.